The smallest absolute Gasteiger partial charge is 0.271 e. The maximum Gasteiger partial charge on any atom is 0.271 e. The summed E-state index contributed by atoms with van der Waals surface area (Å²) in [7, 11) is 1.54. The Kier molecular flexibility index (Phi) is 9.40. The summed E-state index contributed by atoms with van der Waals surface area (Å²) in [4.78, 5) is 34.8. The largest absolute Gasteiger partial charge is 0.493 e. The molecular formula is C33H31Cl2N3O4S. The highest BCUT2D eigenvalue weighted by atomic mass is 35.5. The number of halogens is 2. The number of carbonyl (C=O) groups excluding carboxylic acids is 1. The third-order valence-corrected chi connectivity index (χ3v) is 8.78. The van der Waals surface area contributed by atoms with E-state index in [9.17, 15) is 9.59 Å². The zero-order chi connectivity index (χ0) is 30.7. The molecule has 0 bridgehead atoms. The number of ether oxygens (including phenoxy) is 2. The summed E-state index contributed by atoms with van der Waals surface area (Å²) in [5.41, 5.74) is 3.21. The van der Waals surface area contributed by atoms with Gasteiger partial charge < -0.3 is 14.4 Å². The molecular weight excluding hydrogens is 605 g/mol. The van der Waals surface area contributed by atoms with E-state index in [1.54, 1.807) is 46.9 Å². The van der Waals surface area contributed by atoms with Gasteiger partial charge in [-0.2, -0.15) is 0 Å². The number of aromatic nitrogens is 1. The molecule has 0 unspecified atom stereocenters. The third kappa shape index (κ3) is 6.27. The van der Waals surface area contributed by atoms with Crippen molar-refractivity contribution in [2.75, 3.05) is 20.2 Å². The quantitative estimate of drug-likeness (QED) is 0.226. The molecule has 0 saturated heterocycles. The summed E-state index contributed by atoms with van der Waals surface area (Å²) in [6.07, 6.45) is 1.75. The SMILES string of the molecule is CCN(CC)C(=O)C1=C(C)N=c2s/c(=C/c3cc(Cl)c(OCc4ccccc4)c(OC)c3)c(=O)n2[C@H]1c1ccc(Cl)cc1. The van der Waals surface area contributed by atoms with Gasteiger partial charge in [0.15, 0.2) is 16.3 Å². The first-order valence-corrected chi connectivity index (χ1v) is 15.4. The predicted octanol–water partition coefficient (Wildman–Crippen LogP) is 6.00. The van der Waals surface area contributed by atoms with Crippen LogP contribution in [0, 0.1) is 0 Å². The van der Waals surface area contributed by atoms with Crippen molar-refractivity contribution in [2.24, 2.45) is 4.99 Å². The lowest BCUT2D eigenvalue weighted by Crippen LogP contribution is -2.43. The van der Waals surface area contributed by atoms with Crippen LogP contribution in [0.15, 0.2) is 87.8 Å². The van der Waals surface area contributed by atoms with E-state index >= 15 is 0 Å². The van der Waals surface area contributed by atoms with Crippen molar-refractivity contribution in [3.63, 3.8) is 0 Å². The Morgan fingerprint density at radius 3 is 2.42 bits per heavy atom. The number of methoxy groups -OCH3 is 1. The fourth-order valence-electron chi connectivity index (χ4n) is 5.08. The summed E-state index contributed by atoms with van der Waals surface area (Å²) in [6, 6.07) is 19.8. The number of allylic oxidation sites excluding steroid dienone is 1. The maximum absolute atomic E-state index is 14.0. The molecule has 5 rings (SSSR count). The molecule has 1 aliphatic heterocycles. The predicted molar refractivity (Wildman–Crippen MR) is 172 cm³/mol. The van der Waals surface area contributed by atoms with E-state index in [1.807, 2.05) is 63.2 Å². The van der Waals surface area contributed by atoms with Gasteiger partial charge in [0.05, 0.1) is 34.0 Å². The van der Waals surface area contributed by atoms with E-state index in [1.165, 1.54) is 11.3 Å². The first-order chi connectivity index (χ1) is 20.7. The molecule has 0 N–H and O–H groups in total. The molecule has 10 heteroatoms. The molecule has 0 radical (unpaired) electrons. The molecule has 7 nitrogen and oxygen atoms in total. The molecule has 0 aliphatic carbocycles. The number of thiazole rings is 1. The maximum atomic E-state index is 14.0. The van der Waals surface area contributed by atoms with Crippen LogP contribution >= 0.6 is 34.5 Å². The number of likely N-dealkylation sites (N-methyl/N-ethyl adjacent to an activating group) is 1. The second kappa shape index (κ2) is 13.2. The number of fused-ring (bicyclic) bond motifs is 1. The Hall–Kier alpha value is -3.85. The molecule has 43 heavy (non-hydrogen) atoms. The minimum atomic E-state index is -0.657. The number of hydrogen-bond acceptors (Lipinski definition) is 6. The van der Waals surface area contributed by atoms with E-state index in [0.29, 0.717) is 67.4 Å². The van der Waals surface area contributed by atoms with E-state index in [-0.39, 0.29) is 11.5 Å². The van der Waals surface area contributed by atoms with Gasteiger partial charge in [-0.25, -0.2) is 4.99 Å². The number of benzene rings is 3. The first kappa shape index (κ1) is 30.6. The van der Waals surface area contributed by atoms with E-state index in [0.717, 1.165) is 11.1 Å². The van der Waals surface area contributed by atoms with E-state index in [2.05, 4.69) is 0 Å². The van der Waals surface area contributed by atoms with Crippen molar-refractivity contribution in [3.05, 3.63) is 124 Å². The van der Waals surface area contributed by atoms with Crippen molar-refractivity contribution < 1.29 is 14.3 Å². The zero-order valence-electron chi connectivity index (χ0n) is 24.3. The summed E-state index contributed by atoms with van der Waals surface area (Å²) >= 11 is 14.1. The van der Waals surface area contributed by atoms with Crippen LogP contribution in [0.2, 0.25) is 10.0 Å². The Bertz CT molecular complexity index is 1860. The molecule has 0 spiro atoms. The lowest BCUT2D eigenvalue weighted by Gasteiger charge is -2.29. The topological polar surface area (TPSA) is 73.1 Å². The van der Waals surface area contributed by atoms with Crippen LogP contribution in [-0.4, -0.2) is 35.6 Å². The minimum Gasteiger partial charge on any atom is -0.493 e. The van der Waals surface area contributed by atoms with Gasteiger partial charge in [0.25, 0.3) is 11.5 Å². The molecule has 4 aromatic rings. The molecule has 0 saturated carbocycles. The monoisotopic (exact) mass is 635 g/mol. The molecule has 2 heterocycles. The van der Waals surface area contributed by atoms with Gasteiger partial charge in [-0.3, -0.25) is 14.2 Å². The standard InChI is InChI=1S/C33H31Cl2N3O4S/c1-5-37(6-2)32(40)28-20(3)36-33-38(29(28)23-12-14-24(34)15-13-23)31(39)27(43-33)18-22-16-25(35)30(26(17-22)41-4)42-19-21-10-8-7-9-11-21/h7-18,29H,5-6,19H2,1-4H3/b27-18+/t29-/m0/s1. The number of nitrogens with zero attached hydrogens (tertiary/aromatic N) is 3. The second-order valence-corrected chi connectivity index (χ2v) is 11.8. The lowest BCUT2D eigenvalue weighted by atomic mass is 9.94. The van der Waals surface area contributed by atoms with Gasteiger partial charge in [-0.05, 0) is 67.8 Å². The van der Waals surface area contributed by atoms with Crippen LogP contribution < -0.4 is 24.4 Å². The highest BCUT2D eigenvalue weighted by Crippen LogP contribution is 2.37. The van der Waals surface area contributed by atoms with E-state index < -0.39 is 6.04 Å². The molecule has 222 valence electrons. The minimum absolute atomic E-state index is 0.150. The normalized spacial score (nSPS) is 14.7. The highest BCUT2D eigenvalue weighted by Gasteiger charge is 2.34. The van der Waals surface area contributed by atoms with Gasteiger partial charge in [0.1, 0.15) is 6.61 Å². The summed E-state index contributed by atoms with van der Waals surface area (Å²) in [5, 5.41) is 0.923. The van der Waals surface area contributed by atoms with Crippen molar-refractivity contribution in [1.29, 1.82) is 0 Å². The van der Waals surface area contributed by atoms with Crippen molar-refractivity contribution >= 4 is 46.5 Å². The second-order valence-electron chi connectivity index (χ2n) is 9.92. The van der Waals surface area contributed by atoms with Crippen molar-refractivity contribution in [2.45, 2.75) is 33.4 Å². The van der Waals surface area contributed by atoms with E-state index in [4.69, 9.17) is 37.7 Å². The van der Waals surface area contributed by atoms with Crippen molar-refractivity contribution in [1.82, 2.24) is 9.47 Å². The average Bonchev–Trinajstić information content (AvgIpc) is 3.30. The third-order valence-electron chi connectivity index (χ3n) is 7.26. The number of amides is 1. The molecule has 1 aliphatic rings. The Balaban J connectivity index is 1.60. The highest BCUT2D eigenvalue weighted by molar-refractivity contribution is 7.07. The Labute approximate surface area is 263 Å². The zero-order valence-corrected chi connectivity index (χ0v) is 26.6. The molecule has 1 amide bonds. The number of carbonyl (C=O) groups is 1. The molecule has 0 fully saturated rings. The van der Waals surface area contributed by atoms with Crippen LogP contribution in [0.25, 0.3) is 6.08 Å². The van der Waals surface area contributed by atoms with Crippen LogP contribution in [0.4, 0.5) is 0 Å². The summed E-state index contributed by atoms with van der Waals surface area (Å²) in [5.74, 6) is 0.720. The van der Waals surface area contributed by atoms with Gasteiger partial charge in [0.2, 0.25) is 0 Å². The van der Waals surface area contributed by atoms with Gasteiger partial charge in [-0.1, -0.05) is 77.0 Å². The fraction of sp³-hybridized carbons (Fsp3) is 0.242. The van der Waals surface area contributed by atoms with Crippen LogP contribution in [0.1, 0.15) is 43.5 Å². The van der Waals surface area contributed by atoms with Crippen LogP contribution in [0.3, 0.4) is 0 Å². The van der Waals surface area contributed by atoms with Gasteiger partial charge in [0, 0.05) is 18.1 Å². The molecule has 3 aromatic carbocycles. The Morgan fingerprint density at radius 1 is 1.07 bits per heavy atom. The van der Waals surface area contributed by atoms with Gasteiger partial charge in [-0.15, -0.1) is 0 Å². The fourth-order valence-corrected chi connectivity index (χ4v) is 6.53. The molecule has 1 atom stereocenters. The van der Waals surface area contributed by atoms with Gasteiger partial charge >= 0.3 is 0 Å². The summed E-state index contributed by atoms with van der Waals surface area (Å²) < 4.78 is 13.6. The van der Waals surface area contributed by atoms with Crippen LogP contribution in [-0.2, 0) is 11.4 Å². The average molecular weight is 637 g/mol. The number of rotatable bonds is 9. The van der Waals surface area contributed by atoms with Crippen molar-refractivity contribution in [3.8, 4) is 11.5 Å². The number of hydrogen-bond donors (Lipinski definition) is 0. The molecule has 1 aromatic heterocycles. The Morgan fingerprint density at radius 2 is 1.77 bits per heavy atom. The first-order valence-electron chi connectivity index (χ1n) is 13.9. The van der Waals surface area contributed by atoms with Crippen LogP contribution in [0.5, 0.6) is 11.5 Å². The summed E-state index contributed by atoms with van der Waals surface area (Å²) in [6.45, 7) is 7.08. The lowest BCUT2D eigenvalue weighted by molar-refractivity contribution is -0.127.